The number of hydrogen-bond donors (Lipinski definition) is 2. The summed E-state index contributed by atoms with van der Waals surface area (Å²) in [5, 5.41) is 6.89. The Bertz CT molecular complexity index is 774. The molecule has 0 saturated carbocycles. The van der Waals surface area contributed by atoms with Crippen molar-refractivity contribution in [3.63, 3.8) is 0 Å². The number of nitrogens with one attached hydrogen (secondary N) is 2. The van der Waals surface area contributed by atoms with E-state index < -0.39 is 0 Å². The first-order chi connectivity index (χ1) is 11.9. The molecule has 0 heterocycles. The quantitative estimate of drug-likeness (QED) is 0.609. The van der Waals surface area contributed by atoms with Crippen LogP contribution >= 0.6 is 12.2 Å². The number of carbonyl (C=O) groups excluding carboxylic acids is 1. The van der Waals surface area contributed by atoms with Crippen LogP contribution in [0.1, 0.15) is 46.9 Å². The molecule has 0 fully saturated rings. The van der Waals surface area contributed by atoms with Gasteiger partial charge in [-0.3, -0.25) is 0 Å². The number of rotatable bonds is 5. The van der Waals surface area contributed by atoms with Crippen molar-refractivity contribution in [1.82, 2.24) is 5.32 Å². The Morgan fingerprint density at radius 3 is 2.60 bits per heavy atom. The molecule has 132 valence electrons. The summed E-state index contributed by atoms with van der Waals surface area (Å²) >= 11 is 5.39. The summed E-state index contributed by atoms with van der Waals surface area (Å²) in [5.41, 5.74) is 4.94. The number of anilines is 1. The largest absolute Gasteiger partial charge is 0.462 e. The zero-order valence-electron chi connectivity index (χ0n) is 15.1. The molecular weight excluding hydrogens is 332 g/mol. The van der Waals surface area contributed by atoms with Crippen molar-refractivity contribution in [3.05, 3.63) is 64.7 Å². The zero-order chi connectivity index (χ0) is 18.4. The summed E-state index contributed by atoms with van der Waals surface area (Å²) in [6.07, 6.45) is 0. The Morgan fingerprint density at radius 1 is 1.16 bits per heavy atom. The fourth-order valence-electron chi connectivity index (χ4n) is 2.42. The monoisotopic (exact) mass is 356 g/mol. The Morgan fingerprint density at radius 2 is 1.92 bits per heavy atom. The third-order valence-electron chi connectivity index (χ3n) is 4.01. The van der Waals surface area contributed by atoms with Crippen LogP contribution in [0, 0.1) is 13.8 Å². The molecule has 0 aliphatic carbocycles. The summed E-state index contributed by atoms with van der Waals surface area (Å²) in [4.78, 5) is 11.8. The van der Waals surface area contributed by atoms with Gasteiger partial charge in [0.05, 0.1) is 18.2 Å². The molecule has 0 bridgehead atoms. The summed E-state index contributed by atoms with van der Waals surface area (Å²) in [7, 11) is 0. The maximum Gasteiger partial charge on any atom is 0.338 e. The highest BCUT2D eigenvalue weighted by Gasteiger charge is 2.10. The maximum absolute atomic E-state index is 11.8. The standard InChI is InChI=1S/C20H24N2O2S/c1-5-24-19(23)17-7-6-8-18(12-17)22-20(25)21-15(4)16-10-9-13(2)14(3)11-16/h6-12,15H,5H2,1-4H3,(H2,21,22,25). The predicted molar refractivity (Wildman–Crippen MR) is 106 cm³/mol. The lowest BCUT2D eigenvalue weighted by atomic mass is 10.0. The van der Waals surface area contributed by atoms with Gasteiger partial charge < -0.3 is 15.4 Å². The van der Waals surface area contributed by atoms with Gasteiger partial charge in [0, 0.05) is 5.69 Å². The van der Waals surface area contributed by atoms with Crippen molar-refractivity contribution >= 4 is 29.0 Å². The van der Waals surface area contributed by atoms with Crippen molar-refractivity contribution < 1.29 is 9.53 Å². The van der Waals surface area contributed by atoms with Gasteiger partial charge in [0.2, 0.25) is 0 Å². The first kappa shape index (κ1) is 18.9. The Balaban J connectivity index is 2.01. The second-order valence-corrected chi connectivity index (χ2v) is 6.37. The normalized spacial score (nSPS) is 11.5. The van der Waals surface area contributed by atoms with E-state index in [1.807, 2.05) is 6.07 Å². The van der Waals surface area contributed by atoms with Crippen molar-refractivity contribution in [1.29, 1.82) is 0 Å². The molecule has 2 N–H and O–H groups in total. The number of thiocarbonyl (C=S) groups is 1. The molecule has 0 spiro atoms. The van der Waals surface area contributed by atoms with Crippen LogP contribution in [0.4, 0.5) is 5.69 Å². The van der Waals surface area contributed by atoms with Crippen LogP contribution in [0.15, 0.2) is 42.5 Å². The number of aryl methyl sites for hydroxylation is 2. The minimum Gasteiger partial charge on any atom is -0.462 e. The van der Waals surface area contributed by atoms with Crippen LogP contribution < -0.4 is 10.6 Å². The molecule has 0 radical (unpaired) electrons. The van der Waals surface area contributed by atoms with Crippen LogP contribution in [0.25, 0.3) is 0 Å². The molecular formula is C20H24N2O2S. The van der Waals surface area contributed by atoms with E-state index >= 15 is 0 Å². The summed E-state index contributed by atoms with van der Waals surface area (Å²) < 4.78 is 5.02. The van der Waals surface area contributed by atoms with Gasteiger partial charge in [-0.15, -0.1) is 0 Å². The van der Waals surface area contributed by atoms with Gasteiger partial charge in [-0.1, -0.05) is 24.3 Å². The number of esters is 1. The predicted octanol–water partition coefficient (Wildman–Crippen LogP) is 4.53. The lowest BCUT2D eigenvalue weighted by Gasteiger charge is -2.18. The maximum atomic E-state index is 11.8. The highest BCUT2D eigenvalue weighted by molar-refractivity contribution is 7.80. The zero-order valence-corrected chi connectivity index (χ0v) is 15.9. The molecule has 0 aliphatic heterocycles. The summed E-state index contributed by atoms with van der Waals surface area (Å²) in [6, 6.07) is 13.6. The average Bonchev–Trinajstić information content (AvgIpc) is 2.57. The molecule has 0 aromatic heterocycles. The molecule has 0 saturated heterocycles. The van der Waals surface area contributed by atoms with Crippen LogP contribution in [0.5, 0.6) is 0 Å². The van der Waals surface area contributed by atoms with Crippen molar-refractivity contribution in [3.8, 4) is 0 Å². The van der Waals surface area contributed by atoms with E-state index in [2.05, 4.69) is 49.6 Å². The van der Waals surface area contributed by atoms with Gasteiger partial charge >= 0.3 is 5.97 Å². The lowest BCUT2D eigenvalue weighted by Crippen LogP contribution is -2.31. The third-order valence-corrected chi connectivity index (χ3v) is 4.23. The van der Waals surface area contributed by atoms with Gasteiger partial charge in [0.25, 0.3) is 0 Å². The van der Waals surface area contributed by atoms with Crippen LogP contribution in [-0.4, -0.2) is 17.7 Å². The van der Waals surface area contributed by atoms with E-state index in [1.54, 1.807) is 25.1 Å². The van der Waals surface area contributed by atoms with E-state index in [0.29, 0.717) is 17.3 Å². The van der Waals surface area contributed by atoms with Crippen molar-refractivity contribution in [2.24, 2.45) is 0 Å². The SMILES string of the molecule is CCOC(=O)c1cccc(NC(=S)NC(C)c2ccc(C)c(C)c2)c1. The van der Waals surface area contributed by atoms with Crippen molar-refractivity contribution in [2.45, 2.75) is 33.7 Å². The van der Waals surface area contributed by atoms with E-state index in [-0.39, 0.29) is 12.0 Å². The van der Waals surface area contributed by atoms with E-state index in [0.717, 1.165) is 5.69 Å². The highest BCUT2D eigenvalue weighted by Crippen LogP contribution is 2.17. The molecule has 1 atom stereocenters. The number of carbonyl (C=O) groups is 1. The topological polar surface area (TPSA) is 50.4 Å². The first-order valence-electron chi connectivity index (χ1n) is 8.32. The molecule has 2 rings (SSSR count). The average molecular weight is 356 g/mol. The minimum atomic E-state index is -0.339. The number of ether oxygens (including phenoxy) is 1. The van der Waals surface area contributed by atoms with E-state index in [1.165, 1.54) is 16.7 Å². The smallest absolute Gasteiger partial charge is 0.338 e. The second-order valence-electron chi connectivity index (χ2n) is 5.97. The van der Waals surface area contributed by atoms with Crippen LogP contribution in [0.2, 0.25) is 0 Å². The molecule has 5 heteroatoms. The van der Waals surface area contributed by atoms with Gasteiger partial charge in [-0.05, 0) is 74.8 Å². The first-order valence-corrected chi connectivity index (χ1v) is 8.73. The molecule has 4 nitrogen and oxygen atoms in total. The molecule has 2 aromatic carbocycles. The third kappa shape index (κ3) is 5.29. The lowest BCUT2D eigenvalue weighted by molar-refractivity contribution is 0.0526. The van der Waals surface area contributed by atoms with Crippen molar-refractivity contribution in [2.75, 3.05) is 11.9 Å². The Hall–Kier alpha value is -2.40. The minimum absolute atomic E-state index is 0.0764. The fraction of sp³-hybridized carbons (Fsp3) is 0.300. The summed E-state index contributed by atoms with van der Waals surface area (Å²) in [5.74, 6) is -0.339. The van der Waals surface area contributed by atoms with Gasteiger partial charge in [-0.2, -0.15) is 0 Å². The fourth-order valence-corrected chi connectivity index (χ4v) is 2.71. The molecule has 0 aliphatic rings. The molecule has 2 aromatic rings. The second kappa shape index (κ2) is 8.62. The Kier molecular flexibility index (Phi) is 6.53. The number of benzene rings is 2. The summed E-state index contributed by atoms with van der Waals surface area (Å²) in [6.45, 7) is 8.40. The highest BCUT2D eigenvalue weighted by atomic mass is 32.1. The van der Waals surface area contributed by atoms with Crippen LogP contribution in [0.3, 0.4) is 0 Å². The van der Waals surface area contributed by atoms with Gasteiger partial charge in [0.1, 0.15) is 0 Å². The van der Waals surface area contributed by atoms with E-state index in [9.17, 15) is 4.79 Å². The molecule has 25 heavy (non-hydrogen) atoms. The van der Waals surface area contributed by atoms with Gasteiger partial charge in [0.15, 0.2) is 5.11 Å². The van der Waals surface area contributed by atoms with Gasteiger partial charge in [-0.25, -0.2) is 4.79 Å². The van der Waals surface area contributed by atoms with Crippen LogP contribution in [-0.2, 0) is 4.74 Å². The number of hydrogen-bond acceptors (Lipinski definition) is 3. The van der Waals surface area contributed by atoms with E-state index in [4.69, 9.17) is 17.0 Å². The Labute approximate surface area is 154 Å². The molecule has 1 unspecified atom stereocenters. The molecule has 0 amide bonds.